The van der Waals surface area contributed by atoms with E-state index in [1.165, 1.54) is 12.4 Å². The second-order valence-corrected chi connectivity index (χ2v) is 3.78. The number of anilines is 1. The third kappa shape index (κ3) is 1.36. The third-order valence-electron chi connectivity index (χ3n) is 2.83. The molecule has 0 amide bonds. The van der Waals surface area contributed by atoms with Crippen molar-refractivity contribution in [2.45, 2.75) is 12.5 Å². The summed E-state index contributed by atoms with van der Waals surface area (Å²) in [6.07, 6.45) is 2.30. The maximum atomic E-state index is 13.7. The van der Waals surface area contributed by atoms with E-state index in [0.29, 0.717) is 11.5 Å². The average Bonchev–Trinajstić information content (AvgIpc) is 2.77. The van der Waals surface area contributed by atoms with Gasteiger partial charge in [-0.05, 0) is 12.5 Å². The first kappa shape index (κ1) is 9.33. The molecule has 1 atom stereocenters. The first-order valence-electron chi connectivity index (χ1n) is 5.24. The van der Waals surface area contributed by atoms with E-state index in [9.17, 15) is 4.39 Å². The summed E-state index contributed by atoms with van der Waals surface area (Å²) in [5.74, 6) is 0.523. The molecular weight excluding hydrogens is 207 g/mol. The molecule has 0 saturated heterocycles. The van der Waals surface area contributed by atoms with Crippen LogP contribution >= 0.6 is 0 Å². The summed E-state index contributed by atoms with van der Waals surface area (Å²) in [5, 5.41) is 7.26. The first-order valence-corrected chi connectivity index (χ1v) is 5.24. The van der Waals surface area contributed by atoms with Crippen molar-refractivity contribution in [3.05, 3.63) is 42.0 Å². The summed E-state index contributed by atoms with van der Waals surface area (Å²) in [5.41, 5.74) is 0.677. The van der Waals surface area contributed by atoms with Gasteiger partial charge < -0.3 is 5.32 Å². The molecular formula is C11H11FN4. The van der Waals surface area contributed by atoms with Gasteiger partial charge in [-0.1, -0.05) is 18.2 Å². The topological polar surface area (TPSA) is 42.7 Å². The Morgan fingerprint density at radius 3 is 3.12 bits per heavy atom. The average molecular weight is 218 g/mol. The molecule has 5 heteroatoms. The summed E-state index contributed by atoms with van der Waals surface area (Å²) in [4.78, 5) is 4.08. The van der Waals surface area contributed by atoms with E-state index < -0.39 is 0 Å². The van der Waals surface area contributed by atoms with Crippen molar-refractivity contribution in [3.8, 4) is 0 Å². The predicted molar refractivity (Wildman–Crippen MR) is 57.7 cm³/mol. The van der Waals surface area contributed by atoms with Crippen molar-refractivity contribution in [1.82, 2.24) is 14.8 Å². The number of hydrogen-bond donors (Lipinski definition) is 1. The number of halogens is 1. The van der Waals surface area contributed by atoms with Gasteiger partial charge in [-0.25, -0.2) is 9.07 Å². The molecule has 82 valence electrons. The Kier molecular flexibility index (Phi) is 2.09. The van der Waals surface area contributed by atoms with Crippen LogP contribution in [0.3, 0.4) is 0 Å². The molecule has 1 aromatic heterocycles. The van der Waals surface area contributed by atoms with Crippen LogP contribution in [0.4, 0.5) is 10.3 Å². The fourth-order valence-electron chi connectivity index (χ4n) is 2.08. The van der Waals surface area contributed by atoms with Crippen molar-refractivity contribution in [2.24, 2.45) is 0 Å². The Hall–Kier alpha value is -1.91. The maximum Gasteiger partial charge on any atom is 0.221 e. The predicted octanol–water partition coefficient (Wildman–Crippen LogP) is 1.82. The smallest absolute Gasteiger partial charge is 0.221 e. The zero-order valence-electron chi connectivity index (χ0n) is 8.60. The summed E-state index contributed by atoms with van der Waals surface area (Å²) in [6, 6.07) is 6.77. The van der Waals surface area contributed by atoms with E-state index in [1.807, 2.05) is 6.07 Å². The lowest BCUT2D eigenvalue weighted by Gasteiger charge is -2.24. The molecule has 0 spiro atoms. The molecule has 1 aliphatic rings. The third-order valence-corrected chi connectivity index (χ3v) is 2.83. The largest absolute Gasteiger partial charge is 0.354 e. The highest BCUT2D eigenvalue weighted by Gasteiger charge is 2.24. The molecule has 2 aromatic rings. The van der Waals surface area contributed by atoms with Crippen LogP contribution in [0.1, 0.15) is 18.0 Å². The minimum absolute atomic E-state index is 0.0556. The van der Waals surface area contributed by atoms with Gasteiger partial charge in [0.25, 0.3) is 0 Å². The Morgan fingerprint density at radius 1 is 1.38 bits per heavy atom. The van der Waals surface area contributed by atoms with E-state index in [2.05, 4.69) is 15.4 Å². The zero-order valence-corrected chi connectivity index (χ0v) is 8.60. The number of nitrogens with zero attached hydrogens (tertiary/aromatic N) is 3. The van der Waals surface area contributed by atoms with Gasteiger partial charge in [-0.3, -0.25) is 0 Å². The fraction of sp³-hybridized carbons (Fsp3) is 0.273. The molecule has 3 rings (SSSR count). The summed E-state index contributed by atoms with van der Waals surface area (Å²) < 4.78 is 15.4. The SMILES string of the molecule is Fc1ccccc1C1CCNc2ncnn21. The zero-order chi connectivity index (χ0) is 11.0. The number of rotatable bonds is 1. The van der Waals surface area contributed by atoms with Gasteiger partial charge in [-0.15, -0.1) is 0 Å². The number of benzene rings is 1. The van der Waals surface area contributed by atoms with E-state index >= 15 is 0 Å². The normalized spacial score (nSPS) is 18.9. The minimum atomic E-state index is -0.184. The summed E-state index contributed by atoms with van der Waals surface area (Å²) in [7, 11) is 0. The number of aromatic nitrogens is 3. The van der Waals surface area contributed by atoms with Gasteiger partial charge in [0.05, 0.1) is 6.04 Å². The van der Waals surface area contributed by atoms with Gasteiger partial charge in [0.15, 0.2) is 0 Å². The molecule has 1 unspecified atom stereocenters. The van der Waals surface area contributed by atoms with Crippen LogP contribution in [0.15, 0.2) is 30.6 Å². The van der Waals surface area contributed by atoms with E-state index in [1.54, 1.807) is 16.8 Å². The second-order valence-electron chi connectivity index (χ2n) is 3.78. The Morgan fingerprint density at radius 2 is 2.25 bits per heavy atom. The summed E-state index contributed by atoms with van der Waals surface area (Å²) >= 11 is 0. The van der Waals surface area contributed by atoms with Crippen LogP contribution in [0.2, 0.25) is 0 Å². The van der Waals surface area contributed by atoms with Gasteiger partial charge in [0.1, 0.15) is 12.1 Å². The first-order chi connectivity index (χ1) is 7.86. The van der Waals surface area contributed by atoms with Crippen LogP contribution < -0.4 is 5.32 Å². The van der Waals surface area contributed by atoms with Crippen LogP contribution in [0, 0.1) is 5.82 Å². The van der Waals surface area contributed by atoms with E-state index in [0.717, 1.165) is 13.0 Å². The molecule has 0 fully saturated rings. The molecule has 2 heterocycles. The standard InChI is InChI=1S/C11H11FN4/c12-9-4-2-1-3-8(9)10-5-6-13-11-14-7-15-16(10)11/h1-4,7,10H,5-6H2,(H,13,14,15). The Bertz CT molecular complexity index is 508. The lowest BCUT2D eigenvalue weighted by atomic mass is 10.0. The second kappa shape index (κ2) is 3.59. The van der Waals surface area contributed by atoms with Crippen molar-refractivity contribution < 1.29 is 4.39 Å². The van der Waals surface area contributed by atoms with Crippen LogP contribution in [-0.2, 0) is 0 Å². The highest BCUT2D eigenvalue weighted by Crippen LogP contribution is 2.28. The van der Waals surface area contributed by atoms with Gasteiger partial charge >= 0.3 is 0 Å². The van der Waals surface area contributed by atoms with Gasteiger partial charge in [0.2, 0.25) is 5.95 Å². The lowest BCUT2D eigenvalue weighted by molar-refractivity contribution is 0.457. The quantitative estimate of drug-likeness (QED) is 0.794. The molecule has 0 saturated carbocycles. The number of fused-ring (bicyclic) bond motifs is 1. The van der Waals surface area contributed by atoms with Crippen LogP contribution in [0.5, 0.6) is 0 Å². The lowest BCUT2D eigenvalue weighted by Crippen LogP contribution is -2.25. The molecule has 1 N–H and O–H groups in total. The van der Waals surface area contributed by atoms with Crippen molar-refractivity contribution >= 4 is 5.95 Å². The van der Waals surface area contributed by atoms with E-state index in [4.69, 9.17) is 0 Å². The van der Waals surface area contributed by atoms with Crippen molar-refractivity contribution in [3.63, 3.8) is 0 Å². The highest BCUT2D eigenvalue weighted by atomic mass is 19.1. The molecule has 1 aliphatic heterocycles. The Labute approximate surface area is 92.1 Å². The summed E-state index contributed by atoms with van der Waals surface area (Å²) in [6.45, 7) is 0.789. The Balaban J connectivity index is 2.08. The van der Waals surface area contributed by atoms with Gasteiger partial charge in [0, 0.05) is 12.1 Å². The van der Waals surface area contributed by atoms with Crippen molar-refractivity contribution in [2.75, 3.05) is 11.9 Å². The molecule has 0 bridgehead atoms. The van der Waals surface area contributed by atoms with Gasteiger partial charge in [-0.2, -0.15) is 10.1 Å². The fourth-order valence-corrected chi connectivity index (χ4v) is 2.08. The molecule has 1 aromatic carbocycles. The molecule has 0 radical (unpaired) electrons. The highest BCUT2D eigenvalue weighted by molar-refractivity contribution is 5.32. The minimum Gasteiger partial charge on any atom is -0.354 e. The molecule has 16 heavy (non-hydrogen) atoms. The maximum absolute atomic E-state index is 13.7. The molecule has 0 aliphatic carbocycles. The van der Waals surface area contributed by atoms with Crippen LogP contribution in [0.25, 0.3) is 0 Å². The number of hydrogen-bond acceptors (Lipinski definition) is 3. The number of nitrogens with one attached hydrogen (secondary N) is 1. The van der Waals surface area contributed by atoms with Crippen LogP contribution in [-0.4, -0.2) is 21.3 Å². The van der Waals surface area contributed by atoms with E-state index in [-0.39, 0.29) is 11.9 Å². The van der Waals surface area contributed by atoms with Crippen molar-refractivity contribution in [1.29, 1.82) is 0 Å². The monoisotopic (exact) mass is 218 g/mol. The molecule has 4 nitrogen and oxygen atoms in total.